The number of ether oxygens (including phenoxy) is 2. The standard InChI is InChI=1S/C21H22N2O4/c24-18-11-16-10-17(12-22-20(16)27-14-18)21(25)23-8-6-19(7-9-23)26-13-15-4-2-1-3-5-15/h1-5,10,12,19H,6-9,11,13-14H2. The fraction of sp³-hybridized carbons (Fsp3) is 0.381. The van der Waals surface area contributed by atoms with Gasteiger partial charge in [0.05, 0.1) is 18.3 Å². The number of aromatic nitrogens is 1. The number of rotatable bonds is 4. The molecular weight excluding hydrogens is 344 g/mol. The van der Waals surface area contributed by atoms with Crippen molar-refractivity contribution in [2.45, 2.75) is 32.0 Å². The first-order valence-electron chi connectivity index (χ1n) is 9.27. The third-order valence-corrected chi connectivity index (χ3v) is 4.99. The Kier molecular flexibility index (Phi) is 5.16. The highest BCUT2D eigenvalue weighted by atomic mass is 16.5. The van der Waals surface area contributed by atoms with E-state index < -0.39 is 0 Å². The Morgan fingerprint density at radius 1 is 1.22 bits per heavy atom. The van der Waals surface area contributed by atoms with Gasteiger partial charge in [-0.3, -0.25) is 9.59 Å². The number of fused-ring (bicyclic) bond motifs is 1. The third-order valence-electron chi connectivity index (χ3n) is 4.99. The van der Waals surface area contributed by atoms with Crippen LogP contribution in [0.15, 0.2) is 42.6 Å². The van der Waals surface area contributed by atoms with Crippen LogP contribution in [0.5, 0.6) is 5.88 Å². The Morgan fingerprint density at radius 3 is 2.78 bits per heavy atom. The van der Waals surface area contributed by atoms with E-state index in [0.717, 1.165) is 18.4 Å². The number of nitrogens with zero attached hydrogens (tertiary/aromatic N) is 2. The van der Waals surface area contributed by atoms with Crippen molar-refractivity contribution in [3.05, 3.63) is 59.3 Å². The van der Waals surface area contributed by atoms with Crippen molar-refractivity contribution in [3.63, 3.8) is 0 Å². The van der Waals surface area contributed by atoms with Crippen molar-refractivity contribution in [2.75, 3.05) is 19.7 Å². The van der Waals surface area contributed by atoms with E-state index in [-0.39, 0.29) is 30.8 Å². The van der Waals surface area contributed by atoms with E-state index in [1.165, 1.54) is 6.20 Å². The normalized spacial score (nSPS) is 17.3. The number of likely N-dealkylation sites (tertiary alicyclic amines) is 1. The zero-order chi connectivity index (χ0) is 18.6. The molecule has 0 spiro atoms. The molecule has 27 heavy (non-hydrogen) atoms. The number of benzene rings is 1. The first-order valence-corrected chi connectivity index (χ1v) is 9.27. The molecule has 1 fully saturated rings. The minimum Gasteiger partial charge on any atom is -0.469 e. The summed E-state index contributed by atoms with van der Waals surface area (Å²) in [5, 5.41) is 0. The lowest BCUT2D eigenvalue weighted by Crippen LogP contribution is -2.41. The molecule has 2 aliphatic rings. The molecule has 0 saturated carbocycles. The first kappa shape index (κ1) is 17.7. The predicted octanol–water partition coefficient (Wildman–Crippen LogP) is 2.41. The lowest BCUT2D eigenvalue weighted by Gasteiger charge is -2.32. The quantitative estimate of drug-likeness (QED) is 0.831. The third kappa shape index (κ3) is 4.17. The Bertz CT molecular complexity index is 829. The van der Waals surface area contributed by atoms with E-state index in [2.05, 4.69) is 17.1 Å². The lowest BCUT2D eigenvalue weighted by atomic mass is 10.0. The van der Waals surface area contributed by atoms with Gasteiger partial charge in [0.15, 0.2) is 5.78 Å². The van der Waals surface area contributed by atoms with E-state index in [9.17, 15) is 9.59 Å². The number of amides is 1. The van der Waals surface area contributed by atoms with Gasteiger partial charge in [-0.1, -0.05) is 30.3 Å². The molecule has 140 valence electrons. The fourth-order valence-electron chi connectivity index (χ4n) is 3.48. The molecule has 0 N–H and O–H groups in total. The second-order valence-corrected chi connectivity index (χ2v) is 6.98. The van der Waals surface area contributed by atoms with Crippen LogP contribution in [0.3, 0.4) is 0 Å². The number of hydrogen-bond donors (Lipinski definition) is 0. The summed E-state index contributed by atoms with van der Waals surface area (Å²) >= 11 is 0. The number of hydrogen-bond acceptors (Lipinski definition) is 5. The lowest BCUT2D eigenvalue weighted by molar-refractivity contribution is -0.121. The van der Waals surface area contributed by atoms with Crippen molar-refractivity contribution < 1.29 is 19.1 Å². The molecule has 0 atom stereocenters. The van der Waals surface area contributed by atoms with Crippen molar-refractivity contribution in [3.8, 4) is 5.88 Å². The van der Waals surface area contributed by atoms with E-state index in [4.69, 9.17) is 9.47 Å². The molecule has 1 saturated heterocycles. The average molecular weight is 366 g/mol. The number of ketones is 1. The zero-order valence-electron chi connectivity index (χ0n) is 15.1. The number of pyridine rings is 1. The second kappa shape index (κ2) is 7.88. The first-order chi connectivity index (χ1) is 13.2. The van der Waals surface area contributed by atoms with E-state index >= 15 is 0 Å². The van der Waals surface area contributed by atoms with Gasteiger partial charge in [0, 0.05) is 31.3 Å². The molecule has 6 heteroatoms. The summed E-state index contributed by atoms with van der Waals surface area (Å²) in [4.78, 5) is 30.4. The van der Waals surface area contributed by atoms with Crippen LogP contribution in [-0.4, -0.2) is 47.4 Å². The molecular formula is C21H22N2O4. The van der Waals surface area contributed by atoms with Gasteiger partial charge in [0.25, 0.3) is 5.91 Å². The molecule has 2 aromatic rings. The van der Waals surface area contributed by atoms with Gasteiger partial charge in [0.1, 0.15) is 6.61 Å². The number of Topliss-reactive ketones (excluding diaryl/α,β-unsaturated/α-hetero) is 1. The van der Waals surface area contributed by atoms with Crippen LogP contribution in [0.1, 0.15) is 34.3 Å². The van der Waals surface area contributed by atoms with E-state index in [1.807, 2.05) is 23.1 Å². The van der Waals surface area contributed by atoms with E-state index in [0.29, 0.717) is 36.7 Å². The molecule has 0 radical (unpaired) electrons. The van der Waals surface area contributed by atoms with Crippen molar-refractivity contribution in [1.29, 1.82) is 0 Å². The summed E-state index contributed by atoms with van der Waals surface area (Å²) in [6, 6.07) is 11.8. The molecule has 2 aliphatic heterocycles. The predicted molar refractivity (Wildman–Crippen MR) is 98.6 cm³/mol. The van der Waals surface area contributed by atoms with Crippen molar-refractivity contribution >= 4 is 11.7 Å². The summed E-state index contributed by atoms with van der Waals surface area (Å²) < 4.78 is 11.3. The maximum atomic E-state index is 12.8. The highest BCUT2D eigenvalue weighted by molar-refractivity contribution is 5.95. The topological polar surface area (TPSA) is 68.7 Å². The van der Waals surface area contributed by atoms with Gasteiger partial charge in [-0.05, 0) is 24.5 Å². The Hall–Kier alpha value is -2.73. The maximum Gasteiger partial charge on any atom is 0.255 e. The minimum atomic E-state index is -0.0511. The van der Waals surface area contributed by atoms with Crippen LogP contribution < -0.4 is 4.74 Å². The summed E-state index contributed by atoms with van der Waals surface area (Å²) in [5.41, 5.74) is 2.36. The monoisotopic (exact) mass is 366 g/mol. The maximum absolute atomic E-state index is 12.8. The van der Waals surface area contributed by atoms with Gasteiger partial charge in [-0.15, -0.1) is 0 Å². The minimum absolute atomic E-state index is 0.00489. The smallest absolute Gasteiger partial charge is 0.255 e. The zero-order valence-corrected chi connectivity index (χ0v) is 15.1. The van der Waals surface area contributed by atoms with Crippen LogP contribution in [0, 0.1) is 0 Å². The molecule has 6 nitrogen and oxygen atoms in total. The Labute approximate surface area is 158 Å². The summed E-state index contributed by atoms with van der Waals surface area (Å²) in [6.07, 6.45) is 3.62. The SMILES string of the molecule is O=C1COc2ncc(C(=O)N3CCC(OCc4ccccc4)CC3)cc2C1. The van der Waals surface area contributed by atoms with Crippen molar-refractivity contribution in [1.82, 2.24) is 9.88 Å². The van der Waals surface area contributed by atoms with Gasteiger partial charge in [0.2, 0.25) is 5.88 Å². The molecule has 4 rings (SSSR count). The largest absolute Gasteiger partial charge is 0.469 e. The highest BCUT2D eigenvalue weighted by Crippen LogP contribution is 2.23. The number of piperidine rings is 1. The van der Waals surface area contributed by atoms with Gasteiger partial charge < -0.3 is 14.4 Å². The summed E-state index contributed by atoms with van der Waals surface area (Å²) in [7, 11) is 0. The van der Waals surface area contributed by atoms with Crippen LogP contribution in [0.2, 0.25) is 0 Å². The molecule has 0 aliphatic carbocycles. The number of carbonyl (C=O) groups is 2. The van der Waals surface area contributed by atoms with Gasteiger partial charge >= 0.3 is 0 Å². The number of carbonyl (C=O) groups excluding carboxylic acids is 2. The second-order valence-electron chi connectivity index (χ2n) is 6.98. The van der Waals surface area contributed by atoms with E-state index in [1.54, 1.807) is 6.07 Å². The highest BCUT2D eigenvalue weighted by Gasteiger charge is 2.26. The van der Waals surface area contributed by atoms with Gasteiger partial charge in [-0.2, -0.15) is 0 Å². The van der Waals surface area contributed by atoms with Gasteiger partial charge in [-0.25, -0.2) is 4.98 Å². The fourth-order valence-corrected chi connectivity index (χ4v) is 3.48. The van der Waals surface area contributed by atoms with Crippen LogP contribution in [-0.2, 0) is 22.6 Å². The van der Waals surface area contributed by atoms with Crippen LogP contribution >= 0.6 is 0 Å². The Morgan fingerprint density at radius 2 is 2.00 bits per heavy atom. The molecule has 0 unspecified atom stereocenters. The summed E-state index contributed by atoms with van der Waals surface area (Å²) in [6.45, 7) is 1.97. The molecule has 1 amide bonds. The molecule has 1 aromatic carbocycles. The molecule has 3 heterocycles. The van der Waals surface area contributed by atoms with Crippen LogP contribution in [0.4, 0.5) is 0 Å². The molecule has 0 bridgehead atoms. The van der Waals surface area contributed by atoms with Crippen LogP contribution in [0.25, 0.3) is 0 Å². The average Bonchev–Trinajstić information content (AvgIpc) is 2.72. The Balaban J connectivity index is 1.32. The molecule has 1 aromatic heterocycles. The van der Waals surface area contributed by atoms with Crippen molar-refractivity contribution in [2.24, 2.45) is 0 Å². The summed E-state index contributed by atoms with van der Waals surface area (Å²) in [5.74, 6) is 0.411.